The third kappa shape index (κ3) is 1.58. The number of aromatic hydroxyl groups is 1. The van der Waals surface area contributed by atoms with Gasteiger partial charge in [-0.1, -0.05) is 6.07 Å². The van der Waals surface area contributed by atoms with E-state index in [1.54, 1.807) is 18.3 Å². The number of aromatic nitrogens is 1. The van der Waals surface area contributed by atoms with Crippen molar-refractivity contribution < 1.29 is 22.2 Å². The molecule has 0 atom stereocenters. The van der Waals surface area contributed by atoms with Crippen LogP contribution in [0.4, 0.5) is 0 Å². The van der Waals surface area contributed by atoms with Gasteiger partial charge in [-0.3, -0.25) is 4.98 Å². The number of pyridine rings is 1. The zero-order valence-corrected chi connectivity index (χ0v) is 7.10. The summed E-state index contributed by atoms with van der Waals surface area (Å²) in [7, 11) is 0. The molecule has 0 aliphatic rings. The van der Waals surface area contributed by atoms with Gasteiger partial charge in [0, 0.05) is 34.7 Å². The Morgan fingerprint density at radius 2 is 2.00 bits per heavy atom. The normalized spacial score (nSPS) is 9.33. The van der Waals surface area contributed by atoms with Crippen LogP contribution in [0.5, 0.6) is 5.75 Å². The van der Waals surface area contributed by atoms with E-state index in [1.165, 1.54) is 0 Å². The minimum atomic E-state index is 0. The fraction of sp³-hybridized carbons (Fsp3) is 0. The molecule has 2 aromatic rings. The van der Waals surface area contributed by atoms with Crippen molar-refractivity contribution in [3.05, 3.63) is 36.5 Å². The van der Waals surface area contributed by atoms with Crippen molar-refractivity contribution in [3.63, 3.8) is 0 Å². The van der Waals surface area contributed by atoms with Gasteiger partial charge in [-0.25, -0.2) is 0 Å². The van der Waals surface area contributed by atoms with E-state index >= 15 is 0 Å². The van der Waals surface area contributed by atoms with E-state index in [1.807, 2.05) is 18.2 Å². The summed E-state index contributed by atoms with van der Waals surface area (Å²) < 4.78 is 0. The van der Waals surface area contributed by atoms with Gasteiger partial charge in [-0.05, 0) is 18.2 Å². The molecule has 0 aliphatic heterocycles. The molecule has 2 nitrogen and oxygen atoms in total. The Hall–Kier alpha value is -1.05. The number of phenolic OH excluding ortho intramolecular Hbond substituents is 1. The quantitative estimate of drug-likeness (QED) is 0.672. The maximum atomic E-state index is 9.09. The van der Waals surface area contributed by atoms with E-state index in [4.69, 9.17) is 5.11 Å². The second-order valence-electron chi connectivity index (χ2n) is 2.38. The van der Waals surface area contributed by atoms with Crippen molar-refractivity contribution in [3.8, 4) is 5.75 Å². The van der Waals surface area contributed by atoms with Crippen LogP contribution in [-0.4, -0.2) is 10.1 Å². The molecule has 3 heteroatoms. The minimum Gasteiger partial charge on any atom is -0.508 e. The van der Waals surface area contributed by atoms with Gasteiger partial charge in [0.05, 0.1) is 5.52 Å². The zero-order chi connectivity index (χ0) is 7.68. The standard InChI is InChI=1S/C9H7NO.Cu/c11-8-4-3-7-2-1-5-10-9(7)6-8;/h1-6,11H;. The van der Waals surface area contributed by atoms with E-state index in [9.17, 15) is 0 Å². The van der Waals surface area contributed by atoms with Crippen LogP contribution >= 0.6 is 0 Å². The molecule has 0 saturated heterocycles. The summed E-state index contributed by atoms with van der Waals surface area (Å²) in [5.74, 6) is 0.260. The summed E-state index contributed by atoms with van der Waals surface area (Å²) in [5, 5.41) is 10.1. The SMILES string of the molecule is Oc1ccc2cccnc2c1.[Cu]. The zero-order valence-electron chi connectivity index (χ0n) is 6.16. The summed E-state index contributed by atoms with van der Waals surface area (Å²) in [6, 6.07) is 8.98. The first-order valence-electron chi connectivity index (χ1n) is 3.40. The number of hydrogen-bond donors (Lipinski definition) is 1. The molecule has 1 aromatic heterocycles. The van der Waals surface area contributed by atoms with Gasteiger partial charge >= 0.3 is 0 Å². The Bertz CT molecular complexity index is 389. The topological polar surface area (TPSA) is 33.1 Å². The van der Waals surface area contributed by atoms with Crippen LogP contribution in [0.2, 0.25) is 0 Å². The van der Waals surface area contributed by atoms with Gasteiger partial charge < -0.3 is 5.11 Å². The molecule has 1 radical (unpaired) electrons. The summed E-state index contributed by atoms with van der Waals surface area (Å²) in [5.41, 5.74) is 0.826. The average Bonchev–Trinajstić information content (AvgIpc) is 2.04. The number of rotatable bonds is 0. The minimum absolute atomic E-state index is 0. The Balaban J connectivity index is 0.000000720. The van der Waals surface area contributed by atoms with Gasteiger partial charge in [0.25, 0.3) is 0 Å². The molecule has 0 aliphatic carbocycles. The maximum Gasteiger partial charge on any atom is 0.117 e. The van der Waals surface area contributed by atoms with Crippen molar-refractivity contribution in [2.45, 2.75) is 0 Å². The van der Waals surface area contributed by atoms with Crippen molar-refractivity contribution in [1.29, 1.82) is 0 Å². The molecule has 1 N–H and O–H groups in total. The van der Waals surface area contributed by atoms with Crippen LogP contribution in [0.15, 0.2) is 36.5 Å². The van der Waals surface area contributed by atoms with E-state index in [-0.39, 0.29) is 22.8 Å². The summed E-state index contributed by atoms with van der Waals surface area (Å²) in [6.45, 7) is 0. The number of hydrogen-bond acceptors (Lipinski definition) is 2. The fourth-order valence-electron chi connectivity index (χ4n) is 1.05. The smallest absolute Gasteiger partial charge is 0.117 e. The molecule has 65 valence electrons. The van der Waals surface area contributed by atoms with Crippen LogP contribution < -0.4 is 0 Å². The molecular weight excluding hydrogens is 202 g/mol. The predicted octanol–water partition coefficient (Wildman–Crippen LogP) is 1.94. The van der Waals surface area contributed by atoms with Gasteiger partial charge in [0.2, 0.25) is 0 Å². The van der Waals surface area contributed by atoms with Crippen molar-refractivity contribution >= 4 is 10.9 Å². The second-order valence-corrected chi connectivity index (χ2v) is 2.38. The first-order valence-corrected chi connectivity index (χ1v) is 3.40. The predicted molar refractivity (Wildman–Crippen MR) is 43.4 cm³/mol. The van der Waals surface area contributed by atoms with Crippen LogP contribution in [-0.2, 0) is 17.1 Å². The molecule has 0 fully saturated rings. The monoisotopic (exact) mass is 208 g/mol. The van der Waals surface area contributed by atoms with Crippen molar-refractivity contribution in [2.24, 2.45) is 0 Å². The molecular formula is C9H7CuNO. The molecule has 1 aromatic carbocycles. The Labute approximate surface area is 80.7 Å². The van der Waals surface area contributed by atoms with Crippen LogP contribution in [0.25, 0.3) is 10.9 Å². The number of fused-ring (bicyclic) bond motifs is 1. The van der Waals surface area contributed by atoms with Crippen LogP contribution in [0.1, 0.15) is 0 Å². The molecule has 2 rings (SSSR count). The Morgan fingerprint density at radius 3 is 2.83 bits per heavy atom. The van der Waals surface area contributed by atoms with E-state index in [2.05, 4.69) is 4.98 Å². The molecule has 1 heterocycles. The third-order valence-electron chi connectivity index (χ3n) is 1.59. The first kappa shape index (κ1) is 9.04. The Kier molecular flexibility index (Phi) is 2.69. The third-order valence-corrected chi connectivity index (χ3v) is 1.59. The molecule has 0 saturated carbocycles. The number of nitrogens with zero attached hydrogens (tertiary/aromatic N) is 1. The molecule has 12 heavy (non-hydrogen) atoms. The molecule has 0 unspecified atom stereocenters. The molecule has 0 spiro atoms. The second kappa shape index (κ2) is 3.57. The number of phenols is 1. The summed E-state index contributed by atoms with van der Waals surface area (Å²) in [4.78, 5) is 4.08. The van der Waals surface area contributed by atoms with Gasteiger partial charge in [0.1, 0.15) is 5.75 Å². The molecule has 0 bridgehead atoms. The maximum absolute atomic E-state index is 9.09. The molecule has 0 amide bonds. The number of benzene rings is 1. The van der Waals surface area contributed by atoms with E-state index < -0.39 is 0 Å². The van der Waals surface area contributed by atoms with Gasteiger partial charge in [0.15, 0.2) is 0 Å². The van der Waals surface area contributed by atoms with E-state index in [0.717, 1.165) is 10.9 Å². The average molecular weight is 209 g/mol. The summed E-state index contributed by atoms with van der Waals surface area (Å²) in [6.07, 6.45) is 1.71. The van der Waals surface area contributed by atoms with Gasteiger partial charge in [-0.15, -0.1) is 0 Å². The summed E-state index contributed by atoms with van der Waals surface area (Å²) >= 11 is 0. The van der Waals surface area contributed by atoms with Crippen LogP contribution in [0, 0.1) is 0 Å². The van der Waals surface area contributed by atoms with Gasteiger partial charge in [-0.2, -0.15) is 0 Å². The van der Waals surface area contributed by atoms with Crippen molar-refractivity contribution in [1.82, 2.24) is 4.98 Å². The van der Waals surface area contributed by atoms with Crippen molar-refractivity contribution in [2.75, 3.05) is 0 Å². The fourth-order valence-corrected chi connectivity index (χ4v) is 1.05. The van der Waals surface area contributed by atoms with E-state index in [0.29, 0.717) is 0 Å². The van der Waals surface area contributed by atoms with Crippen LogP contribution in [0.3, 0.4) is 0 Å². The largest absolute Gasteiger partial charge is 0.508 e. The first-order chi connectivity index (χ1) is 5.36. The Morgan fingerprint density at radius 1 is 1.17 bits per heavy atom.